The fourth-order valence-electron chi connectivity index (χ4n) is 3.13. The lowest BCUT2D eigenvalue weighted by Gasteiger charge is -2.21. The highest BCUT2D eigenvalue weighted by Gasteiger charge is 2.18. The number of methoxy groups -OCH3 is 4. The van der Waals surface area contributed by atoms with E-state index in [9.17, 15) is 4.79 Å². The molecule has 0 N–H and O–H groups in total. The Hall–Kier alpha value is -2.62. The average Bonchev–Trinajstić information content (AvgIpc) is 3.35. The van der Waals surface area contributed by atoms with E-state index in [0.29, 0.717) is 32.1 Å². The van der Waals surface area contributed by atoms with Gasteiger partial charge in [-0.2, -0.15) is 0 Å². The number of amides is 1. The molecule has 8 nitrogen and oxygen atoms in total. The monoisotopic (exact) mass is 433 g/mol. The molecule has 3 aromatic rings. The van der Waals surface area contributed by atoms with Crippen molar-refractivity contribution in [1.29, 1.82) is 0 Å². The molecule has 0 saturated carbocycles. The van der Waals surface area contributed by atoms with Crippen molar-refractivity contribution < 1.29 is 23.7 Å². The summed E-state index contributed by atoms with van der Waals surface area (Å²) in [5.74, 6) is 1.46. The van der Waals surface area contributed by atoms with Gasteiger partial charge in [-0.25, -0.2) is 4.98 Å². The number of thiazole rings is 1. The third-order valence-corrected chi connectivity index (χ3v) is 5.67. The number of carbonyl (C=O) groups excluding carboxylic acids is 1. The van der Waals surface area contributed by atoms with Crippen molar-refractivity contribution in [3.63, 3.8) is 0 Å². The maximum atomic E-state index is 12.9. The fraction of sp³-hybridized carbons (Fsp3) is 0.429. The lowest BCUT2D eigenvalue weighted by molar-refractivity contribution is -0.131. The zero-order valence-electron chi connectivity index (χ0n) is 17.7. The van der Waals surface area contributed by atoms with E-state index in [2.05, 4.69) is 0 Å². The highest BCUT2D eigenvalue weighted by molar-refractivity contribution is 7.15. The molecule has 0 atom stereocenters. The van der Waals surface area contributed by atoms with Crippen molar-refractivity contribution in [2.24, 2.45) is 0 Å². The molecule has 1 amide bonds. The number of hydrogen-bond donors (Lipinski definition) is 0. The van der Waals surface area contributed by atoms with E-state index in [1.165, 1.54) is 11.3 Å². The van der Waals surface area contributed by atoms with Crippen molar-refractivity contribution in [1.82, 2.24) is 14.3 Å². The molecule has 0 radical (unpaired) electrons. The first-order valence-electron chi connectivity index (χ1n) is 9.54. The van der Waals surface area contributed by atoms with E-state index in [-0.39, 0.29) is 12.3 Å². The second kappa shape index (κ2) is 10.4. The van der Waals surface area contributed by atoms with E-state index in [4.69, 9.17) is 23.9 Å². The van der Waals surface area contributed by atoms with E-state index in [1.807, 2.05) is 34.2 Å². The molecule has 0 fully saturated rings. The molecule has 0 unspecified atom stereocenters. The van der Waals surface area contributed by atoms with Crippen LogP contribution in [0.3, 0.4) is 0 Å². The van der Waals surface area contributed by atoms with Gasteiger partial charge in [0.05, 0.1) is 39.5 Å². The number of fused-ring (bicyclic) bond motifs is 1. The van der Waals surface area contributed by atoms with Gasteiger partial charge in [-0.1, -0.05) is 0 Å². The first-order valence-corrected chi connectivity index (χ1v) is 10.4. The number of aromatic nitrogens is 2. The molecule has 0 aliphatic heterocycles. The second-order valence-corrected chi connectivity index (χ2v) is 7.45. The first kappa shape index (κ1) is 22.1. The molecule has 1 aromatic carbocycles. The average molecular weight is 434 g/mol. The van der Waals surface area contributed by atoms with Crippen LogP contribution in [0.2, 0.25) is 0 Å². The van der Waals surface area contributed by atoms with Crippen LogP contribution < -0.4 is 9.47 Å². The molecular formula is C21H27N3O5S. The van der Waals surface area contributed by atoms with Gasteiger partial charge in [-0.05, 0) is 18.2 Å². The highest BCUT2D eigenvalue weighted by Crippen LogP contribution is 2.34. The quantitative estimate of drug-likeness (QED) is 0.463. The van der Waals surface area contributed by atoms with Gasteiger partial charge >= 0.3 is 0 Å². The Bertz CT molecular complexity index is 976. The number of ether oxygens (including phenoxy) is 4. The molecule has 0 bridgehead atoms. The Labute approximate surface area is 179 Å². The normalized spacial score (nSPS) is 11.1. The molecule has 2 aromatic heterocycles. The lowest BCUT2D eigenvalue weighted by Crippen LogP contribution is -2.37. The summed E-state index contributed by atoms with van der Waals surface area (Å²) >= 11 is 1.50. The number of carbonyl (C=O) groups is 1. The minimum Gasteiger partial charge on any atom is -0.497 e. The predicted molar refractivity (Wildman–Crippen MR) is 116 cm³/mol. The van der Waals surface area contributed by atoms with Crippen molar-refractivity contribution >= 4 is 22.2 Å². The number of hydrogen-bond acceptors (Lipinski definition) is 7. The van der Waals surface area contributed by atoms with Crippen LogP contribution in [0.1, 0.15) is 5.69 Å². The van der Waals surface area contributed by atoms with Crippen LogP contribution in [-0.4, -0.2) is 74.9 Å². The zero-order valence-corrected chi connectivity index (χ0v) is 18.5. The summed E-state index contributed by atoms with van der Waals surface area (Å²) in [7, 11) is 6.50. The van der Waals surface area contributed by atoms with Crippen molar-refractivity contribution in [3.8, 4) is 22.8 Å². The molecular weight excluding hydrogens is 406 g/mol. The zero-order chi connectivity index (χ0) is 21.5. The topological polar surface area (TPSA) is 74.5 Å². The third kappa shape index (κ3) is 4.92. The molecule has 162 valence electrons. The lowest BCUT2D eigenvalue weighted by atomic mass is 10.1. The highest BCUT2D eigenvalue weighted by atomic mass is 32.1. The van der Waals surface area contributed by atoms with E-state index in [0.717, 1.165) is 27.7 Å². The van der Waals surface area contributed by atoms with Crippen molar-refractivity contribution in [3.05, 3.63) is 35.5 Å². The number of rotatable bonds is 11. The van der Waals surface area contributed by atoms with Crippen LogP contribution in [-0.2, 0) is 20.7 Å². The summed E-state index contributed by atoms with van der Waals surface area (Å²) in [6.45, 7) is 2.03. The van der Waals surface area contributed by atoms with Gasteiger partial charge in [0.2, 0.25) is 5.91 Å². The van der Waals surface area contributed by atoms with Gasteiger partial charge in [-0.3, -0.25) is 9.20 Å². The van der Waals surface area contributed by atoms with Crippen LogP contribution in [0.15, 0.2) is 29.8 Å². The molecule has 30 heavy (non-hydrogen) atoms. The van der Waals surface area contributed by atoms with E-state index >= 15 is 0 Å². The van der Waals surface area contributed by atoms with Crippen molar-refractivity contribution in [2.75, 3.05) is 54.7 Å². The Morgan fingerprint density at radius 2 is 1.83 bits per heavy atom. The molecule has 0 aliphatic carbocycles. The smallest absolute Gasteiger partial charge is 0.228 e. The summed E-state index contributed by atoms with van der Waals surface area (Å²) in [4.78, 5) is 20.2. The van der Waals surface area contributed by atoms with E-state index < -0.39 is 0 Å². The second-order valence-electron chi connectivity index (χ2n) is 6.62. The summed E-state index contributed by atoms with van der Waals surface area (Å²) in [6, 6.07) is 5.60. The van der Waals surface area contributed by atoms with Gasteiger partial charge in [0, 0.05) is 50.1 Å². The van der Waals surface area contributed by atoms with Gasteiger partial charge < -0.3 is 23.8 Å². The SMILES string of the molecule is COCCN(CCOC)C(=O)Cc1csc2nc(-c3cc(OC)ccc3OC)cn12. The summed E-state index contributed by atoms with van der Waals surface area (Å²) in [5, 5.41) is 1.97. The number of nitrogens with zero attached hydrogens (tertiary/aromatic N) is 3. The molecule has 9 heteroatoms. The van der Waals surface area contributed by atoms with Gasteiger partial charge in [0.25, 0.3) is 0 Å². The van der Waals surface area contributed by atoms with Crippen LogP contribution in [0.25, 0.3) is 16.2 Å². The summed E-state index contributed by atoms with van der Waals surface area (Å²) in [6.07, 6.45) is 2.21. The minimum absolute atomic E-state index is 0.0259. The van der Waals surface area contributed by atoms with Gasteiger partial charge in [-0.15, -0.1) is 11.3 Å². The van der Waals surface area contributed by atoms with Crippen LogP contribution in [0.4, 0.5) is 0 Å². The van der Waals surface area contributed by atoms with Gasteiger partial charge in [0.1, 0.15) is 11.5 Å². The van der Waals surface area contributed by atoms with Crippen LogP contribution in [0, 0.1) is 0 Å². The standard InChI is InChI=1S/C21H27N3O5S/c1-26-9-7-23(8-10-27-2)20(25)11-15-14-30-21-22-18(13-24(15)21)17-12-16(28-3)5-6-19(17)29-4/h5-6,12-14H,7-11H2,1-4H3. The largest absolute Gasteiger partial charge is 0.497 e. The number of imidazole rings is 1. The predicted octanol–water partition coefficient (Wildman–Crippen LogP) is 2.74. The Balaban J connectivity index is 1.85. The Morgan fingerprint density at radius 3 is 2.47 bits per heavy atom. The fourth-order valence-corrected chi connectivity index (χ4v) is 4.00. The molecule has 0 spiro atoms. The number of benzene rings is 1. The Kier molecular flexibility index (Phi) is 7.67. The van der Waals surface area contributed by atoms with Gasteiger partial charge in [0.15, 0.2) is 4.96 Å². The molecule has 0 saturated heterocycles. The summed E-state index contributed by atoms with van der Waals surface area (Å²) in [5.41, 5.74) is 2.49. The molecule has 0 aliphatic rings. The molecule has 3 rings (SSSR count). The minimum atomic E-state index is 0.0259. The first-order chi connectivity index (χ1) is 14.6. The van der Waals surface area contributed by atoms with Crippen LogP contribution in [0.5, 0.6) is 11.5 Å². The Morgan fingerprint density at radius 1 is 1.10 bits per heavy atom. The maximum Gasteiger partial charge on any atom is 0.228 e. The third-order valence-electron chi connectivity index (χ3n) is 4.78. The van der Waals surface area contributed by atoms with Crippen LogP contribution >= 0.6 is 11.3 Å². The summed E-state index contributed by atoms with van der Waals surface area (Å²) < 4.78 is 23.0. The maximum absolute atomic E-state index is 12.9. The van der Waals surface area contributed by atoms with Crippen molar-refractivity contribution in [2.45, 2.75) is 6.42 Å². The van der Waals surface area contributed by atoms with E-state index in [1.54, 1.807) is 33.3 Å². The molecule has 2 heterocycles.